The predicted octanol–water partition coefficient (Wildman–Crippen LogP) is 3.57. The number of guanidine groups is 1. The van der Waals surface area contributed by atoms with Gasteiger partial charge < -0.3 is 14.8 Å². The predicted molar refractivity (Wildman–Crippen MR) is 137 cm³/mol. The average Bonchev–Trinajstić information content (AvgIpc) is 3.39. The number of oxazole rings is 1. The van der Waals surface area contributed by atoms with E-state index in [2.05, 4.69) is 25.0 Å². The van der Waals surface area contributed by atoms with E-state index in [1.54, 1.807) is 28.9 Å². The number of phenols is 1. The first-order valence-corrected chi connectivity index (χ1v) is 12.9. The lowest BCUT2D eigenvalue weighted by Crippen LogP contribution is -2.25. The van der Waals surface area contributed by atoms with Crippen LogP contribution in [-0.4, -0.2) is 48.2 Å². The highest BCUT2D eigenvalue weighted by atomic mass is 32.2. The topological polar surface area (TPSA) is 134 Å². The lowest BCUT2D eigenvalue weighted by Gasteiger charge is -2.11. The summed E-state index contributed by atoms with van der Waals surface area (Å²) in [5.74, 6) is 0.414. The summed E-state index contributed by atoms with van der Waals surface area (Å²) in [4.78, 5) is 13.5. The fourth-order valence-electron chi connectivity index (χ4n) is 3.78. The maximum atomic E-state index is 13.5. The van der Waals surface area contributed by atoms with Crippen molar-refractivity contribution in [3.63, 3.8) is 0 Å². The van der Waals surface area contributed by atoms with E-state index < -0.39 is 10.0 Å². The van der Waals surface area contributed by atoms with Gasteiger partial charge in [0.1, 0.15) is 23.5 Å². The molecule has 1 aliphatic rings. The molecule has 0 fully saturated rings. The van der Waals surface area contributed by atoms with Crippen LogP contribution in [0.25, 0.3) is 22.8 Å². The average molecular weight is 523 g/mol. The highest BCUT2D eigenvalue weighted by Gasteiger charge is 2.21. The van der Waals surface area contributed by atoms with Gasteiger partial charge in [-0.15, -0.1) is 0 Å². The van der Waals surface area contributed by atoms with Gasteiger partial charge in [0.15, 0.2) is 0 Å². The molecular formula is C25H23FN6O4S. The largest absolute Gasteiger partial charge is 0.508 e. The summed E-state index contributed by atoms with van der Waals surface area (Å²) >= 11 is 0. The first-order chi connectivity index (χ1) is 17.9. The number of imidazole rings is 1. The molecule has 2 aromatic carbocycles. The summed E-state index contributed by atoms with van der Waals surface area (Å²) in [6.07, 6.45) is 7.93. The van der Waals surface area contributed by atoms with Crippen molar-refractivity contribution in [2.45, 2.75) is 17.7 Å². The van der Waals surface area contributed by atoms with Gasteiger partial charge in [0, 0.05) is 37.5 Å². The molecule has 4 aromatic rings. The van der Waals surface area contributed by atoms with Crippen molar-refractivity contribution >= 4 is 33.7 Å². The van der Waals surface area contributed by atoms with Crippen LogP contribution in [0.15, 0.2) is 86.4 Å². The smallest absolute Gasteiger partial charge is 0.306 e. The standard InChI is InChI=1S/C25H23FN6O4S/c26-18-6-4-17(5-7-18)22-23(32-15-16-36-25(32)31-22)21-3-1-12-27-24(30-21)28-13-2-14-29-37(34,35)20-10-8-19(33)9-11-20/h3-12,15-16,29,33H,1-2,13-14H2,(H,28,30). The normalized spacial score (nSPS) is 15.1. The van der Waals surface area contributed by atoms with Gasteiger partial charge in [-0.1, -0.05) is 6.08 Å². The highest BCUT2D eigenvalue weighted by molar-refractivity contribution is 7.89. The van der Waals surface area contributed by atoms with Crippen LogP contribution in [0.4, 0.5) is 4.39 Å². The van der Waals surface area contributed by atoms with Crippen molar-refractivity contribution in [1.29, 1.82) is 0 Å². The molecule has 0 radical (unpaired) electrons. The third-order valence-electron chi connectivity index (χ3n) is 5.56. The Morgan fingerprint density at radius 2 is 1.95 bits per heavy atom. The fourth-order valence-corrected chi connectivity index (χ4v) is 4.86. The Kier molecular flexibility index (Phi) is 6.84. The summed E-state index contributed by atoms with van der Waals surface area (Å²) in [7, 11) is -3.68. The van der Waals surface area contributed by atoms with E-state index in [-0.39, 0.29) is 23.0 Å². The molecular weight excluding hydrogens is 499 g/mol. The molecule has 2 aromatic heterocycles. The number of hydrogen-bond acceptors (Lipinski definition) is 6. The second-order valence-electron chi connectivity index (χ2n) is 8.11. The molecule has 5 rings (SSSR count). The van der Waals surface area contributed by atoms with E-state index in [9.17, 15) is 17.9 Å². The first-order valence-electron chi connectivity index (χ1n) is 11.5. The van der Waals surface area contributed by atoms with E-state index >= 15 is 0 Å². The minimum Gasteiger partial charge on any atom is -0.508 e. The molecule has 3 heterocycles. The Labute approximate surface area is 212 Å². The minimum atomic E-state index is -3.68. The molecule has 3 N–H and O–H groups in total. The number of aromatic hydroxyl groups is 1. The number of phenolic OH excluding ortho intramolecular Hbond substituents is 1. The van der Waals surface area contributed by atoms with Crippen LogP contribution in [0, 0.1) is 5.82 Å². The van der Waals surface area contributed by atoms with Crippen molar-refractivity contribution in [2.75, 3.05) is 13.1 Å². The lowest BCUT2D eigenvalue weighted by atomic mass is 10.1. The van der Waals surface area contributed by atoms with Crippen LogP contribution in [0.3, 0.4) is 0 Å². The Bertz CT molecular complexity index is 1600. The zero-order chi connectivity index (χ0) is 25.8. The van der Waals surface area contributed by atoms with Crippen molar-refractivity contribution < 1.29 is 22.3 Å². The Balaban J connectivity index is 1.28. The second kappa shape index (κ2) is 10.4. The molecule has 10 nitrogen and oxygen atoms in total. The highest BCUT2D eigenvalue weighted by Crippen LogP contribution is 2.30. The molecule has 1 aliphatic heterocycles. The quantitative estimate of drug-likeness (QED) is 0.303. The number of sulfonamides is 1. The van der Waals surface area contributed by atoms with E-state index in [0.29, 0.717) is 42.6 Å². The molecule has 0 atom stereocenters. The third kappa shape index (κ3) is 5.44. The molecule has 0 unspecified atom stereocenters. The number of benzene rings is 2. The number of nitrogens with one attached hydrogen (secondary N) is 2. The summed E-state index contributed by atoms with van der Waals surface area (Å²) in [5.41, 5.74) is 2.76. The van der Waals surface area contributed by atoms with Crippen LogP contribution in [0.2, 0.25) is 0 Å². The SMILES string of the molecule is O=S(=O)(NCCCN=C1N=CCC=C(c2c(-c3ccc(F)cc3)nc3occn23)N1)c1ccc(O)cc1. The number of halogens is 1. The summed E-state index contributed by atoms with van der Waals surface area (Å²) in [6.45, 7) is 0.503. The first kappa shape index (κ1) is 24.4. The lowest BCUT2D eigenvalue weighted by molar-refractivity contribution is 0.474. The zero-order valence-electron chi connectivity index (χ0n) is 19.5. The molecule has 190 valence electrons. The number of nitrogens with zero attached hydrogens (tertiary/aromatic N) is 4. The van der Waals surface area contributed by atoms with Crippen molar-refractivity contribution in [2.24, 2.45) is 9.98 Å². The summed E-state index contributed by atoms with van der Waals surface area (Å²) < 4.78 is 48.0. The number of aromatic nitrogens is 2. The molecule has 12 heteroatoms. The van der Waals surface area contributed by atoms with Gasteiger partial charge in [-0.25, -0.2) is 22.5 Å². The molecule has 0 bridgehead atoms. The van der Waals surface area contributed by atoms with Crippen molar-refractivity contribution in [3.05, 3.63) is 78.6 Å². The van der Waals surface area contributed by atoms with Gasteiger partial charge >= 0.3 is 5.84 Å². The van der Waals surface area contributed by atoms with E-state index in [1.807, 2.05) is 6.08 Å². The van der Waals surface area contributed by atoms with Crippen LogP contribution in [0.1, 0.15) is 18.5 Å². The zero-order valence-corrected chi connectivity index (χ0v) is 20.3. The van der Waals surface area contributed by atoms with Gasteiger partial charge in [0.25, 0.3) is 0 Å². The summed E-state index contributed by atoms with van der Waals surface area (Å²) in [6, 6.07) is 11.4. The molecule has 0 saturated carbocycles. The maximum Gasteiger partial charge on any atom is 0.306 e. The summed E-state index contributed by atoms with van der Waals surface area (Å²) in [5, 5.41) is 12.6. The molecule has 0 spiro atoms. The van der Waals surface area contributed by atoms with Gasteiger partial charge in [-0.05, 0) is 55.0 Å². The fraction of sp³-hybridized carbons (Fsp3) is 0.160. The number of rotatable bonds is 8. The van der Waals surface area contributed by atoms with Crippen LogP contribution >= 0.6 is 0 Å². The molecule has 0 saturated heterocycles. The Hall–Kier alpha value is -4.29. The van der Waals surface area contributed by atoms with Gasteiger partial charge in [0.05, 0.1) is 16.3 Å². The molecule has 37 heavy (non-hydrogen) atoms. The molecule has 0 aliphatic carbocycles. The Morgan fingerprint density at radius 3 is 2.73 bits per heavy atom. The monoisotopic (exact) mass is 522 g/mol. The Morgan fingerprint density at radius 1 is 1.16 bits per heavy atom. The number of fused-ring (bicyclic) bond motifs is 1. The van der Waals surface area contributed by atoms with Gasteiger partial charge in [-0.3, -0.25) is 9.39 Å². The number of allylic oxidation sites excluding steroid dienone is 1. The van der Waals surface area contributed by atoms with Crippen LogP contribution in [-0.2, 0) is 10.0 Å². The van der Waals surface area contributed by atoms with E-state index in [1.165, 1.54) is 42.7 Å². The van der Waals surface area contributed by atoms with Gasteiger partial charge in [0.2, 0.25) is 16.0 Å². The third-order valence-corrected chi connectivity index (χ3v) is 7.03. The van der Waals surface area contributed by atoms with Crippen molar-refractivity contribution in [1.82, 2.24) is 19.4 Å². The maximum absolute atomic E-state index is 13.5. The van der Waals surface area contributed by atoms with Crippen LogP contribution in [0.5, 0.6) is 5.75 Å². The second-order valence-corrected chi connectivity index (χ2v) is 9.88. The minimum absolute atomic E-state index is 0.00568. The van der Waals surface area contributed by atoms with E-state index in [0.717, 1.165) is 11.3 Å². The molecule has 0 amide bonds. The number of hydrogen-bond donors (Lipinski definition) is 3. The van der Waals surface area contributed by atoms with E-state index in [4.69, 9.17) is 4.42 Å². The number of aliphatic imine (C=N–C) groups is 2. The van der Waals surface area contributed by atoms with Gasteiger partial charge in [-0.2, -0.15) is 4.98 Å². The van der Waals surface area contributed by atoms with Crippen LogP contribution < -0.4 is 10.0 Å². The van der Waals surface area contributed by atoms with Crippen molar-refractivity contribution in [3.8, 4) is 17.0 Å².